The quantitative estimate of drug-likeness (QED) is 0.708. The van der Waals surface area contributed by atoms with Crippen molar-refractivity contribution in [2.75, 3.05) is 20.2 Å². The van der Waals surface area contributed by atoms with E-state index < -0.39 is 5.97 Å². The molecule has 4 nitrogen and oxygen atoms in total. The van der Waals surface area contributed by atoms with Gasteiger partial charge in [0.05, 0.1) is 7.11 Å². The van der Waals surface area contributed by atoms with Crippen LogP contribution in [-0.4, -0.2) is 36.2 Å². The molecule has 0 bridgehead atoms. The molecule has 0 aliphatic heterocycles. The topological polar surface area (TPSA) is 49.8 Å². The summed E-state index contributed by atoms with van der Waals surface area (Å²) in [5, 5.41) is 8.71. The Hall–Kier alpha value is -1.81. The zero-order valence-corrected chi connectivity index (χ0v) is 13.1. The summed E-state index contributed by atoms with van der Waals surface area (Å²) >= 11 is 0. The number of hydrogen-bond donors (Lipinski definition) is 1. The highest BCUT2D eigenvalue weighted by atomic mass is 16.5. The highest BCUT2D eigenvalue weighted by molar-refractivity contribution is 5.85. The minimum atomic E-state index is -0.939. The van der Waals surface area contributed by atoms with Crippen molar-refractivity contribution in [3.63, 3.8) is 0 Å². The van der Waals surface area contributed by atoms with Crippen molar-refractivity contribution in [2.45, 2.75) is 33.2 Å². The molecule has 1 aromatic carbocycles. The summed E-state index contributed by atoms with van der Waals surface area (Å²) in [7, 11) is 1.66. The van der Waals surface area contributed by atoms with Crippen LogP contribution in [0.1, 0.15) is 37.8 Å². The van der Waals surface area contributed by atoms with Crippen molar-refractivity contribution in [3.05, 3.63) is 35.4 Å². The average molecular weight is 291 g/mol. The van der Waals surface area contributed by atoms with Crippen molar-refractivity contribution >= 4 is 12.0 Å². The van der Waals surface area contributed by atoms with Crippen molar-refractivity contribution < 1.29 is 14.6 Å². The minimum absolute atomic E-state index is 0.819. The average Bonchev–Trinajstić information content (AvgIpc) is 2.46. The van der Waals surface area contributed by atoms with Gasteiger partial charge in [-0.25, -0.2) is 4.79 Å². The lowest BCUT2D eigenvalue weighted by atomic mass is 10.1. The van der Waals surface area contributed by atoms with Gasteiger partial charge in [-0.3, -0.25) is 4.90 Å². The summed E-state index contributed by atoms with van der Waals surface area (Å²) in [6.45, 7) is 7.26. The van der Waals surface area contributed by atoms with Gasteiger partial charge in [-0.05, 0) is 49.7 Å². The van der Waals surface area contributed by atoms with Crippen LogP contribution in [0.15, 0.2) is 24.3 Å². The molecule has 1 N–H and O–H groups in total. The molecule has 0 fully saturated rings. The summed E-state index contributed by atoms with van der Waals surface area (Å²) in [5.74, 6) is -0.0920. The molecule has 0 atom stereocenters. The van der Waals surface area contributed by atoms with E-state index in [2.05, 4.69) is 18.7 Å². The lowest BCUT2D eigenvalue weighted by Crippen LogP contribution is -2.25. The fourth-order valence-corrected chi connectivity index (χ4v) is 2.34. The predicted octanol–water partition coefficient (Wildman–Crippen LogP) is 3.42. The highest BCUT2D eigenvalue weighted by Crippen LogP contribution is 2.22. The Kier molecular flexibility index (Phi) is 7.54. The molecule has 0 unspecified atom stereocenters. The lowest BCUT2D eigenvalue weighted by molar-refractivity contribution is -0.131. The minimum Gasteiger partial charge on any atom is -0.496 e. The number of ether oxygens (including phenoxy) is 1. The van der Waals surface area contributed by atoms with Crippen molar-refractivity contribution in [1.82, 2.24) is 4.90 Å². The second-order valence-corrected chi connectivity index (χ2v) is 5.02. The van der Waals surface area contributed by atoms with Crippen LogP contribution < -0.4 is 4.74 Å². The van der Waals surface area contributed by atoms with Crippen LogP contribution in [-0.2, 0) is 11.3 Å². The molecular weight excluding hydrogens is 266 g/mol. The third-order valence-electron chi connectivity index (χ3n) is 3.20. The number of carbonyl (C=O) groups is 1. The van der Waals surface area contributed by atoms with E-state index in [0.29, 0.717) is 0 Å². The van der Waals surface area contributed by atoms with Crippen LogP contribution in [0.4, 0.5) is 0 Å². The number of hydrogen-bond acceptors (Lipinski definition) is 3. The molecule has 21 heavy (non-hydrogen) atoms. The Morgan fingerprint density at radius 3 is 2.48 bits per heavy atom. The number of carboxylic acids is 1. The Bertz CT molecular complexity index is 477. The van der Waals surface area contributed by atoms with Crippen LogP contribution in [0, 0.1) is 0 Å². The van der Waals surface area contributed by atoms with Gasteiger partial charge in [-0.15, -0.1) is 0 Å². The SMILES string of the molecule is CCCN(CCC)Cc1cc(/C=C/C(=O)O)ccc1OC. The van der Waals surface area contributed by atoms with E-state index in [-0.39, 0.29) is 0 Å². The number of nitrogens with zero attached hydrogens (tertiary/aromatic N) is 1. The second-order valence-electron chi connectivity index (χ2n) is 5.02. The maximum Gasteiger partial charge on any atom is 0.328 e. The summed E-state index contributed by atoms with van der Waals surface area (Å²) in [5.41, 5.74) is 1.97. The Balaban J connectivity index is 2.95. The molecule has 0 aliphatic rings. The molecule has 116 valence electrons. The molecule has 1 aromatic rings. The van der Waals surface area contributed by atoms with Gasteiger partial charge in [0, 0.05) is 18.2 Å². The summed E-state index contributed by atoms with van der Waals surface area (Å²) in [6.07, 6.45) is 4.98. The largest absolute Gasteiger partial charge is 0.496 e. The van der Waals surface area contributed by atoms with Crippen molar-refractivity contribution in [2.24, 2.45) is 0 Å². The zero-order valence-electron chi connectivity index (χ0n) is 13.1. The van der Waals surface area contributed by atoms with Gasteiger partial charge >= 0.3 is 5.97 Å². The molecule has 0 aliphatic carbocycles. The summed E-state index contributed by atoms with van der Waals surface area (Å²) < 4.78 is 5.42. The fraction of sp³-hybridized carbons (Fsp3) is 0.471. The van der Waals surface area contributed by atoms with Gasteiger partial charge in [-0.2, -0.15) is 0 Å². The van der Waals surface area contributed by atoms with Crippen LogP contribution in [0.2, 0.25) is 0 Å². The zero-order chi connectivity index (χ0) is 15.7. The number of rotatable bonds is 9. The monoisotopic (exact) mass is 291 g/mol. The third-order valence-corrected chi connectivity index (χ3v) is 3.20. The third kappa shape index (κ3) is 6.00. The van der Waals surface area contributed by atoms with Crippen molar-refractivity contribution in [1.29, 1.82) is 0 Å². The van der Waals surface area contributed by atoms with Crippen LogP contribution >= 0.6 is 0 Å². The maximum atomic E-state index is 10.6. The molecule has 0 saturated carbocycles. The van der Waals surface area contributed by atoms with Crippen LogP contribution in [0.5, 0.6) is 5.75 Å². The maximum absolute atomic E-state index is 10.6. The number of aliphatic carboxylic acids is 1. The number of benzene rings is 1. The van der Waals surface area contributed by atoms with Gasteiger partial charge in [0.1, 0.15) is 5.75 Å². The first-order chi connectivity index (χ1) is 10.1. The molecule has 0 radical (unpaired) electrons. The van der Waals surface area contributed by atoms with Gasteiger partial charge in [0.2, 0.25) is 0 Å². The number of carboxylic acid groups (broad SMARTS) is 1. The molecule has 0 heterocycles. The molecular formula is C17H25NO3. The second kappa shape index (κ2) is 9.19. The van der Waals surface area contributed by atoms with E-state index in [1.807, 2.05) is 18.2 Å². The Labute approximate surface area is 127 Å². The molecule has 0 amide bonds. The highest BCUT2D eigenvalue weighted by Gasteiger charge is 2.09. The van der Waals surface area contributed by atoms with Gasteiger partial charge in [0.25, 0.3) is 0 Å². The van der Waals surface area contributed by atoms with E-state index in [1.165, 1.54) is 0 Å². The predicted molar refractivity (Wildman–Crippen MR) is 85.5 cm³/mol. The lowest BCUT2D eigenvalue weighted by Gasteiger charge is -2.22. The smallest absolute Gasteiger partial charge is 0.328 e. The van der Waals surface area contributed by atoms with E-state index in [1.54, 1.807) is 13.2 Å². The van der Waals surface area contributed by atoms with Gasteiger partial charge in [0.15, 0.2) is 0 Å². The van der Waals surface area contributed by atoms with Crippen LogP contribution in [0.25, 0.3) is 6.08 Å². The van der Waals surface area contributed by atoms with E-state index in [0.717, 1.165) is 55.4 Å². The first kappa shape index (κ1) is 17.2. The standard InChI is InChI=1S/C17H25NO3/c1-4-10-18(11-5-2)13-15-12-14(7-9-17(19)20)6-8-16(15)21-3/h6-9,12H,4-5,10-11,13H2,1-3H3,(H,19,20)/b9-7+. The first-order valence-electron chi connectivity index (χ1n) is 7.41. The van der Waals surface area contributed by atoms with E-state index in [4.69, 9.17) is 9.84 Å². The normalized spacial score (nSPS) is 11.2. The molecule has 0 saturated heterocycles. The summed E-state index contributed by atoms with van der Waals surface area (Å²) in [4.78, 5) is 13.0. The summed E-state index contributed by atoms with van der Waals surface area (Å²) in [6, 6.07) is 5.76. The Morgan fingerprint density at radius 1 is 1.29 bits per heavy atom. The van der Waals surface area contributed by atoms with Crippen LogP contribution in [0.3, 0.4) is 0 Å². The van der Waals surface area contributed by atoms with Crippen molar-refractivity contribution in [3.8, 4) is 5.75 Å². The van der Waals surface area contributed by atoms with E-state index in [9.17, 15) is 4.79 Å². The van der Waals surface area contributed by atoms with E-state index >= 15 is 0 Å². The Morgan fingerprint density at radius 2 is 1.95 bits per heavy atom. The fourth-order valence-electron chi connectivity index (χ4n) is 2.34. The number of methoxy groups -OCH3 is 1. The molecule has 0 aromatic heterocycles. The van der Waals surface area contributed by atoms with Gasteiger partial charge in [-0.1, -0.05) is 19.9 Å². The first-order valence-corrected chi connectivity index (χ1v) is 7.41. The van der Waals surface area contributed by atoms with Gasteiger partial charge < -0.3 is 9.84 Å². The molecule has 4 heteroatoms. The molecule has 0 spiro atoms. The molecule has 1 rings (SSSR count).